The van der Waals surface area contributed by atoms with Crippen molar-refractivity contribution < 1.29 is 18.7 Å². The van der Waals surface area contributed by atoms with Crippen LogP contribution in [0.3, 0.4) is 0 Å². The van der Waals surface area contributed by atoms with E-state index in [1.165, 1.54) is 18.0 Å². The molecule has 1 amide bonds. The van der Waals surface area contributed by atoms with E-state index < -0.39 is 5.76 Å². The number of amidine groups is 1. The van der Waals surface area contributed by atoms with E-state index in [1.54, 1.807) is 48.5 Å². The SMILES string of the molecule is O=C1N/C(=N\N=C\c2ccc(O)cc2)S[C@H]1Cc1ccc(SC(F)F)cc1. The molecular formula is C18H15F2N3O2S2. The van der Waals surface area contributed by atoms with Crippen LogP contribution in [0.2, 0.25) is 0 Å². The van der Waals surface area contributed by atoms with Gasteiger partial charge in [-0.1, -0.05) is 35.7 Å². The summed E-state index contributed by atoms with van der Waals surface area (Å²) in [5.74, 6) is -2.45. The molecular weight excluding hydrogens is 392 g/mol. The van der Waals surface area contributed by atoms with E-state index >= 15 is 0 Å². The third kappa shape index (κ3) is 5.80. The van der Waals surface area contributed by atoms with Gasteiger partial charge in [0.25, 0.3) is 5.76 Å². The Labute approximate surface area is 163 Å². The highest BCUT2D eigenvalue weighted by atomic mass is 32.2. The Balaban J connectivity index is 1.57. The third-order valence-corrected chi connectivity index (χ3v) is 5.39. The molecule has 1 aliphatic heterocycles. The van der Waals surface area contributed by atoms with Gasteiger partial charge in [-0.15, -0.1) is 5.10 Å². The number of phenolic OH excluding ortho intramolecular Hbond substituents is 1. The molecule has 1 saturated heterocycles. The summed E-state index contributed by atoms with van der Waals surface area (Å²) in [6.07, 6.45) is 1.99. The van der Waals surface area contributed by atoms with E-state index in [9.17, 15) is 18.7 Å². The lowest BCUT2D eigenvalue weighted by atomic mass is 10.1. The number of aromatic hydroxyl groups is 1. The maximum Gasteiger partial charge on any atom is 0.288 e. The van der Waals surface area contributed by atoms with Crippen LogP contribution in [0.4, 0.5) is 8.78 Å². The van der Waals surface area contributed by atoms with Crippen molar-refractivity contribution in [2.45, 2.75) is 22.3 Å². The van der Waals surface area contributed by atoms with Gasteiger partial charge >= 0.3 is 0 Å². The summed E-state index contributed by atoms with van der Waals surface area (Å²) >= 11 is 1.77. The zero-order valence-corrected chi connectivity index (χ0v) is 15.5. The topological polar surface area (TPSA) is 74.0 Å². The Morgan fingerprint density at radius 3 is 2.56 bits per heavy atom. The van der Waals surface area contributed by atoms with Crippen molar-refractivity contribution in [3.8, 4) is 5.75 Å². The van der Waals surface area contributed by atoms with E-state index in [0.29, 0.717) is 28.2 Å². The van der Waals surface area contributed by atoms with Crippen LogP contribution in [0.5, 0.6) is 5.75 Å². The normalized spacial score (nSPS) is 18.6. The predicted molar refractivity (Wildman–Crippen MR) is 105 cm³/mol. The van der Waals surface area contributed by atoms with Crippen LogP contribution in [0.25, 0.3) is 0 Å². The number of thioether (sulfide) groups is 2. The minimum atomic E-state index is -2.45. The number of benzene rings is 2. The minimum Gasteiger partial charge on any atom is -0.508 e. The fourth-order valence-corrected chi connectivity index (χ4v) is 3.78. The number of hydrogen-bond donors (Lipinski definition) is 2. The molecule has 1 aliphatic rings. The minimum absolute atomic E-state index is 0.162. The molecule has 0 unspecified atom stereocenters. The monoisotopic (exact) mass is 407 g/mol. The number of amides is 1. The number of nitrogens with zero attached hydrogens (tertiary/aromatic N) is 2. The molecule has 1 heterocycles. The first-order valence-electron chi connectivity index (χ1n) is 7.91. The summed E-state index contributed by atoms with van der Waals surface area (Å²) in [5, 5.41) is 19.9. The first-order chi connectivity index (χ1) is 13.0. The molecule has 1 atom stereocenters. The summed E-state index contributed by atoms with van der Waals surface area (Å²) in [7, 11) is 0. The molecule has 2 aromatic rings. The van der Waals surface area contributed by atoms with Crippen molar-refractivity contribution in [3.05, 3.63) is 59.7 Å². The maximum absolute atomic E-state index is 12.3. The molecule has 140 valence electrons. The lowest BCUT2D eigenvalue weighted by molar-refractivity contribution is -0.118. The number of carbonyl (C=O) groups is 1. The molecule has 2 N–H and O–H groups in total. The van der Waals surface area contributed by atoms with E-state index in [4.69, 9.17) is 0 Å². The Morgan fingerprint density at radius 1 is 1.19 bits per heavy atom. The number of hydrogen-bond acceptors (Lipinski definition) is 6. The number of halogens is 2. The molecule has 0 bridgehead atoms. The Morgan fingerprint density at radius 2 is 1.89 bits per heavy atom. The summed E-state index contributed by atoms with van der Waals surface area (Å²) in [6.45, 7) is 0. The van der Waals surface area contributed by atoms with Crippen LogP contribution >= 0.6 is 23.5 Å². The van der Waals surface area contributed by atoms with E-state index in [-0.39, 0.29) is 16.9 Å². The number of phenols is 1. The van der Waals surface area contributed by atoms with Crippen molar-refractivity contribution in [2.75, 3.05) is 0 Å². The summed E-state index contributed by atoms with van der Waals surface area (Å²) in [6, 6.07) is 13.2. The van der Waals surface area contributed by atoms with Gasteiger partial charge in [-0.3, -0.25) is 4.79 Å². The van der Waals surface area contributed by atoms with Crippen LogP contribution in [-0.4, -0.2) is 33.4 Å². The molecule has 0 saturated carbocycles. The second-order valence-corrected chi connectivity index (χ2v) is 7.82. The van der Waals surface area contributed by atoms with Gasteiger partial charge < -0.3 is 10.4 Å². The van der Waals surface area contributed by atoms with Gasteiger partial charge in [0.1, 0.15) is 5.75 Å². The van der Waals surface area contributed by atoms with Crippen molar-refractivity contribution in [3.63, 3.8) is 0 Å². The number of alkyl halides is 2. The molecule has 27 heavy (non-hydrogen) atoms. The average Bonchev–Trinajstić information content (AvgIpc) is 2.97. The number of nitrogens with one attached hydrogen (secondary N) is 1. The van der Waals surface area contributed by atoms with E-state index in [2.05, 4.69) is 15.5 Å². The average molecular weight is 407 g/mol. The first-order valence-corrected chi connectivity index (χ1v) is 9.67. The van der Waals surface area contributed by atoms with Crippen LogP contribution in [0.15, 0.2) is 63.6 Å². The smallest absolute Gasteiger partial charge is 0.288 e. The van der Waals surface area contributed by atoms with Gasteiger partial charge in [0, 0.05) is 4.90 Å². The van der Waals surface area contributed by atoms with Gasteiger partial charge in [-0.25, -0.2) is 0 Å². The molecule has 3 rings (SSSR count). The van der Waals surface area contributed by atoms with E-state index in [0.717, 1.165) is 11.1 Å². The number of rotatable bonds is 6. The highest BCUT2D eigenvalue weighted by molar-refractivity contribution is 8.15. The maximum atomic E-state index is 12.3. The summed E-state index contributed by atoms with van der Waals surface area (Å²) in [4.78, 5) is 12.6. The lowest BCUT2D eigenvalue weighted by Gasteiger charge is -2.06. The highest BCUT2D eigenvalue weighted by Crippen LogP contribution is 2.27. The van der Waals surface area contributed by atoms with Crippen LogP contribution in [0, 0.1) is 0 Å². The molecule has 9 heteroatoms. The van der Waals surface area contributed by atoms with E-state index in [1.807, 2.05) is 0 Å². The van der Waals surface area contributed by atoms with Crippen molar-refractivity contribution in [1.29, 1.82) is 0 Å². The van der Waals surface area contributed by atoms with Gasteiger partial charge in [0.2, 0.25) is 5.91 Å². The Hall–Kier alpha value is -2.39. The lowest BCUT2D eigenvalue weighted by Crippen LogP contribution is -2.25. The third-order valence-electron chi connectivity index (χ3n) is 3.59. The molecule has 1 fully saturated rings. The molecule has 5 nitrogen and oxygen atoms in total. The second kappa shape index (κ2) is 9.01. The predicted octanol–water partition coefficient (Wildman–Crippen LogP) is 3.87. The zero-order chi connectivity index (χ0) is 19.2. The van der Waals surface area contributed by atoms with Gasteiger partial charge in [0.15, 0.2) is 5.17 Å². The van der Waals surface area contributed by atoms with Crippen molar-refractivity contribution in [2.24, 2.45) is 10.2 Å². The number of carbonyl (C=O) groups excluding carboxylic acids is 1. The molecule has 0 aliphatic carbocycles. The molecule has 0 radical (unpaired) electrons. The van der Waals surface area contributed by atoms with Gasteiger partial charge in [0.05, 0.1) is 11.5 Å². The van der Waals surface area contributed by atoms with Crippen molar-refractivity contribution in [1.82, 2.24) is 5.32 Å². The zero-order valence-electron chi connectivity index (χ0n) is 13.9. The fraction of sp³-hybridized carbons (Fsp3) is 0.167. The largest absolute Gasteiger partial charge is 0.508 e. The molecule has 0 aromatic heterocycles. The second-order valence-electron chi connectivity index (χ2n) is 5.56. The first kappa shape index (κ1) is 19.4. The quantitative estimate of drug-likeness (QED) is 0.433. The van der Waals surface area contributed by atoms with Crippen LogP contribution in [0.1, 0.15) is 11.1 Å². The highest BCUT2D eigenvalue weighted by Gasteiger charge is 2.30. The Bertz CT molecular complexity index is 856. The fourth-order valence-electron chi connectivity index (χ4n) is 2.32. The van der Waals surface area contributed by atoms with Gasteiger partial charge in [-0.05, 0) is 53.9 Å². The van der Waals surface area contributed by atoms with Crippen molar-refractivity contribution >= 4 is 40.8 Å². The summed E-state index contributed by atoms with van der Waals surface area (Å²) in [5.41, 5.74) is 1.65. The van der Waals surface area contributed by atoms with Crippen LogP contribution < -0.4 is 5.32 Å². The summed E-state index contributed by atoms with van der Waals surface area (Å²) < 4.78 is 24.7. The standard InChI is InChI=1S/C18H15F2N3O2S2/c19-17(20)26-14-7-3-11(4-8-14)9-15-16(25)22-18(27-15)23-21-10-12-1-5-13(24)6-2-12/h1-8,10,15,17,24H,9H2,(H,22,23,25)/b21-10+/t15-/m0/s1. The van der Waals surface area contributed by atoms with Gasteiger partial charge in [-0.2, -0.15) is 13.9 Å². The molecule has 0 spiro atoms. The molecule has 2 aromatic carbocycles. The van der Waals surface area contributed by atoms with Crippen LogP contribution in [-0.2, 0) is 11.2 Å². The Kier molecular flexibility index (Phi) is 6.46.